The Kier molecular flexibility index (Phi) is 5.97. The van der Waals surface area contributed by atoms with Crippen LogP contribution in [0.25, 0.3) is 11.4 Å². The van der Waals surface area contributed by atoms with Crippen molar-refractivity contribution >= 4 is 23.7 Å². The van der Waals surface area contributed by atoms with Crippen molar-refractivity contribution in [2.75, 3.05) is 5.84 Å². The van der Waals surface area contributed by atoms with E-state index in [0.29, 0.717) is 0 Å². The van der Waals surface area contributed by atoms with E-state index in [0.717, 1.165) is 16.4 Å². The Labute approximate surface area is 148 Å². The van der Waals surface area contributed by atoms with Gasteiger partial charge in [-0.05, 0) is 32.9 Å². The number of imide groups is 1. The number of nitrogens with zero attached hydrogens (tertiary/aromatic N) is 3. The van der Waals surface area contributed by atoms with Crippen LogP contribution in [0.1, 0.15) is 20.8 Å². The number of hydrogen-bond acceptors (Lipinski definition) is 6. The molecule has 25 heavy (non-hydrogen) atoms. The zero-order chi connectivity index (χ0) is 18.6. The lowest BCUT2D eigenvalue weighted by molar-refractivity contribution is -0.119. The molecule has 4 N–H and O–H groups in total. The predicted octanol–water partition coefficient (Wildman–Crippen LogP) is 1.51. The van der Waals surface area contributed by atoms with Crippen LogP contribution in [0.15, 0.2) is 29.4 Å². The molecule has 0 saturated heterocycles. The summed E-state index contributed by atoms with van der Waals surface area (Å²) in [6, 6.07) is 5.37. The van der Waals surface area contributed by atoms with Gasteiger partial charge in [0, 0.05) is 6.04 Å². The standard InChI is InChI=1S/C15H19FN6O2S/c1-8(2)18-14(24)19-13(23)9(3)25-15-21-20-12(22(15)17)10-6-4-5-7-11(10)16/h4-9H,17H2,1-3H3,(H2,18,19,23,24)/t9-/m0/s1. The monoisotopic (exact) mass is 366 g/mol. The van der Waals surface area contributed by atoms with Gasteiger partial charge in [0.25, 0.3) is 0 Å². The molecule has 2 aromatic rings. The van der Waals surface area contributed by atoms with Crippen LogP contribution in [0.2, 0.25) is 0 Å². The average Bonchev–Trinajstić information content (AvgIpc) is 2.88. The molecular weight excluding hydrogens is 347 g/mol. The lowest BCUT2D eigenvalue weighted by atomic mass is 10.2. The van der Waals surface area contributed by atoms with E-state index in [2.05, 4.69) is 20.8 Å². The first kappa shape index (κ1) is 18.7. The number of halogens is 1. The van der Waals surface area contributed by atoms with Crippen LogP contribution < -0.4 is 16.5 Å². The van der Waals surface area contributed by atoms with Gasteiger partial charge in [-0.1, -0.05) is 23.9 Å². The van der Waals surface area contributed by atoms with E-state index in [4.69, 9.17) is 5.84 Å². The largest absolute Gasteiger partial charge is 0.336 e. The van der Waals surface area contributed by atoms with Gasteiger partial charge in [-0.3, -0.25) is 10.1 Å². The summed E-state index contributed by atoms with van der Waals surface area (Å²) in [7, 11) is 0. The highest BCUT2D eigenvalue weighted by atomic mass is 32.2. The third-order valence-corrected chi connectivity index (χ3v) is 4.14. The fourth-order valence-corrected chi connectivity index (χ4v) is 2.68. The highest BCUT2D eigenvalue weighted by Crippen LogP contribution is 2.26. The van der Waals surface area contributed by atoms with Crippen molar-refractivity contribution in [1.29, 1.82) is 0 Å². The Balaban J connectivity index is 2.07. The van der Waals surface area contributed by atoms with Crippen LogP contribution in [-0.2, 0) is 4.79 Å². The topological polar surface area (TPSA) is 115 Å². The number of carbonyl (C=O) groups excluding carboxylic acids is 2. The Morgan fingerprint density at radius 1 is 1.24 bits per heavy atom. The van der Waals surface area contributed by atoms with Crippen LogP contribution in [0.4, 0.5) is 9.18 Å². The number of aromatic nitrogens is 3. The van der Waals surface area contributed by atoms with E-state index in [1.807, 2.05) is 0 Å². The molecule has 2 rings (SSSR count). The summed E-state index contributed by atoms with van der Waals surface area (Å²) in [5, 5.41) is 12.1. The molecule has 8 nitrogen and oxygen atoms in total. The van der Waals surface area contributed by atoms with Crippen LogP contribution >= 0.6 is 11.8 Å². The number of nitrogen functional groups attached to an aromatic ring is 1. The molecule has 10 heteroatoms. The first-order valence-corrected chi connectivity index (χ1v) is 8.41. The van der Waals surface area contributed by atoms with E-state index >= 15 is 0 Å². The number of rotatable bonds is 5. The molecule has 134 valence electrons. The quantitative estimate of drug-likeness (QED) is 0.546. The molecule has 1 aromatic carbocycles. The maximum absolute atomic E-state index is 13.9. The van der Waals surface area contributed by atoms with Crippen molar-refractivity contribution in [2.45, 2.75) is 37.2 Å². The van der Waals surface area contributed by atoms with Gasteiger partial charge in [0.1, 0.15) is 5.82 Å². The molecule has 0 aliphatic heterocycles. The Morgan fingerprint density at radius 3 is 2.56 bits per heavy atom. The zero-order valence-corrected chi connectivity index (χ0v) is 14.8. The van der Waals surface area contributed by atoms with Gasteiger partial charge in [-0.15, -0.1) is 10.2 Å². The molecule has 1 aromatic heterocycles. The average molecular weight is 366 g/mol. The van der Waals surface area contributed by atoms with Crippen molar-refractivity contribution in [3.63, 3.8) is 0 Å². The van der Waals surface area contributed by atoms with Gasteiger partial charge in [0.15, 0.2) is 5.82 Å². The SMILES string of the molecule is CC(C)NC(=O)NC(=O)[C@H](C)Sc1nnc(-c2ccccc2F)n1N. The Bertz CT molecular complexity index is 779. The van der Waals surface area contributed by atoms with Crippen molar-refractivity contribution in [3.05, 3.63) is 30.1 Å². The van der Waals surface area contributed by atoms with Gasteiger partial charge >= 0.3 is 6.03 Å². The molecule has 0 fully saturated rings. The molecule has 0 saturated carbocycles. The summed E-state index contributed by atoms with van der Waals surface area (Å²) in [5.74, 6) is 5.08. The number of nitrogens with two attached hydrogens (primary N) is 1. The Hall–Kier alpha value is -2.62. The minimum Gasteiger partial charge on any atom is -0.336 e. The first-order valence-electron chi connectivity index (χ1n) is 7.53. The first-order chi connectivity index (χ1) is 11.8. The molecule has 1 heterocycles. The van der Waals surface area contributed by atoms with Crippen molar-refractivity contribution in [3.8, 4) is 11.4 Å². The fourth-order valence-electron chi connectivity index (χ4n) is 1.91. The van der Waals surface area contributed by atoms with Gasteiger partial charge in [-0.2, -0.15) is 0 Å². The van der Waals surface area contributed by atoms with E-state index in [1.54, 1.807) is 32.9 Å². The summed E-state index contributed by atoms with van der Waals surface area (Å²) in [6.07, 6.45) is 0. The minimum atomic E-state index is -0.655. The Morgan fingerprint density at radius 2 is 1.92 bits per heavy atom. The maximum atomic E-state index is 13.9. The number of thioether (sulfide) groups is 1. The summed E-state index contributed by atoms with van der Waals surface area (Å²) in [5.41, 5.74) is 0.206. The second kappa shape index (κ2) is 7.97. The molecule has 0 bridgehead atoms. The fraction of sp³-hybridized carbons (Fsp3) is 0.333. The number of hydrogen-bond donors (Lipinski definition) is 3. The van der Waals surface area contributed by atoms with Gasteiger partial charge in [0.2, 0.25) is 11.1 Å². The highest BCUT2D eigenvalue weighted by molar-refractivity contribution is 8.00. The van der Waals surface area contributed by atoms with Crippen molar-refractivity contribution in [1.82, 2.24) is 25.5 Å². The van der Waals surface area contributed by atoms with Crippen LogP contribution in [0.3, 0.4) is 0 Å². The minimum absolute atomic E-state index is 0.0915. The number of urea groups is 1. The molecule has 0 unspecified atom stereocenters. The van der Waals surface area contributed by atoms with Crippen LogP contribution in [0, 0.1) is 5.82 Å². The summed E-state index contributed by atoms with van der Waals surface area (Å²) in [4.78, 5) is 23.6. The molecule has 0 radical (unpaired) electrons. The van der Waals surface area contributed by atoms with Crippen molar-refractivity contribution < 1.29 is 14.0 Å². The zero-order valence-electron chi connectivity index (χ0n) is 14.0. The van der Waals surface area contributed by atoms with Gasteiger partial charge in [0.05, 0.1) is 10.8 Å². The predicted molar refractivity (Wildman–Crippen MR) is 92.7 cm³/mol. The van der Waals surface area contributed by atoms with E-state index < -0.39 is 23.0 Å². The van der Waals surface area contributed by atoms with E-state index in [1.165, 1.54) is 12.1 Å². The number of nitrogens with one attached hydrogen (secondary N) is 2. The number of benzene rings is 1. The molecule has 0 aliphatic carbocycles. The van der Waals surface area contributed by atoms with E-state index in [-0.39, 0.29) is 22.6 Å². The van der Waals surface area contributed by atoms with Gasteiger partial charge < -0.3 is 11.2 Å². The van der Waals surface area contributed by atoms with Crippen molar-refractivity contribution in [2.24, 2.45) is 0 Å². The number of carbonyl (C=O) groups is 2. The maximum Gasteiger partial charge on any atom is 0.321 e. The summed E-state index contributed by atoms with van der Waals surface area (Å²) in [6.45, 7) is 5.16. The smallest absolute Gasteiger partial charge is 0.321 e. The molecule has 0 aliphatic rings. The second-order valence-electron chi connectivity index (χ2n) is 5.53. The van der Waals surface area contributed by atoms with E-state index in [9.17, 15) is 14.0 Å². The third kappa shape index (κ3) is 4.69. The third-order valence-electron chi connectivity index (χ3n) is 3.09. The number of amides is 3. The molecule has 3 amide bonds. The molecule has 1 atom stereocenters. The molecule has 0 spiro atoms. The second-order valence-corrected chi connectivity index (χ2v) is 6.84. The molecular formula is C15H19FN6O2S. The van der Waals surface area contributed by atoms with Crippen LogP contribution in [-0.4, -0.2) is 38.1 Å². The normalized spacial score (nSPS) is 12.0. The lowest BCUT2D eigenvalue weighted by Gasteiger charge is -2.12. The lowest BCUT2D eigenvalue weighted by Crippen LogP contribution is -2.45. The summed E-state index contributed by atoms with van der Waals surface area (Å²) >= 11 is 1.01. The summed E-state index contributed by atoms with van der Waals surface area (Å²) < 4.78 is 15.0. The van der Waals surface area contributed by atoms with Gasteiger partial charge in [-0.25, -0.2) is 13.9 Å². The highest BCUT2D eigenvalue weighted by Gasteiger charge is 2.22. The van der Waals surface area contributed by atoms with Crippen LogP contribution in [0.5, 0.6) is 0 Å².